The van der Waals surface area contributed by atoms with Gasteiger partial charge in [-0.3, -0.25) is 4.68 Å². The quantitative estimate of drug-likeness (QED) is 0.634. The summed E-state index contributed by atoms with van der Waals surface area (Å²) >= 11 is 0. The first-order chi connectivity index (χ1) is 7.83. The van der Waals surface area contributed by atoms with Gasteiger partial charge < -0.3 is 14.8 Å². The van der Waals surface area contributed by atoms with Crippen molar-refractivity contribution < 1.29 is 9.47 Å². The summed E-state index contributed by atoms with van der Waals surface area (Å²) < 4.78 is 12.4. The summed E-state index contributed by atoms with van der Waals surface area (Å²) in [6, 6.07) is 0. The van der Waals surface area contributed by atoms with Gasteiger partial charge in [-0.25, -0.2) is 0 Å². The molecule has 1 aromatic heterocycles. The Morgan fingerprint density at radius 1 is 1.38 bits per heavy atom. The van der Waals surface area contributed by atoms with Gasteiger partial charge in [0.05, 0.1) is 12.4 Å². The first-order valence-electron chi connectivity index (χ1n) is 5.73. The number of aromatic nitrogens is 2. The minimum atomic E-state index is 0.667. The Bertz CT molecular complexity index is 276. The van der Waals surface area contributed by atoms with E-state index in [4.69, 9.17) is 9.47 Å². The van der Waals surface area contributed by atoms with Crippen molar-refractivity contribution in [2.45, 2.75) is 13.3 Å². The molecule has 0 unspecified atom stereocenters. The first kappa shape index (κ1) is 13.0. The van der Waals surface area contributed by atoms with Crippen LogP contribution in [-0.4, -0.2) is 42.7 Å². The number of aryl methyl sites for hydroxylation is 1. The van der Waals surface area contributed by atoms with Crippen LogP contribution in [0.25, 0.3) is 0 Å². The minimum absolute atomic E-state index is 0.667. The molecule has 0 saturated carbocycles. The van der Waals surface area contributed by atoms with Gasteiger partial charge in [0.25, 0.3) is 0 Å². The maximum absolute atomic E-state index is 5.48. The molecular formula is C11H21N3O2. The van der Waals surface area contributed by atoms with Crippen molar-refractivity contribution in [2.75, 3.05) is 32.9 Å². The van der Waals surface area contributed by atoms with Crippen LogP contribution in [0, 0.1) is 0 Å². The molecule has 0 aliphatic heterocycles. The lowest BCUT2D eigenvalue weighted by molar-refractivity contribution is 0.144. The third-order valence-electron chi connectivity index (χ3n) is 2.08. The summed E-state index contributed by atoms with van der Waals surface area (Å²) in [5.74, 6) is 0.818. The van der Waals surface area contributed by atoms with Gasteiger partial charge in [-0.2, -0.15) is 5.10 Å². The molecule has 0 aromatic carbocycles. The normalized spacial score (nSPS) is 10.6. The van der Waals surface area contributed by atoms with E-state index in [1.807, 2.05) is 20.2 Å². The van der Waals surface area contributed by atoms with Crippen molar-refractivity contribution in [3.63, 3.8) is 0 Å². The summed E-state index contributed by atoms with van der Waals surface area (Å²) in [5.41, 5.74) is 0. The molecule has 5 heteroatoms. The van der Waals surface area contributed by atoms with Crippen molar-refractivity contribution in [3.05, 3.63) is 12.4 Å². The monoisotopic (exact) mass is 227 g/mol. The molecule has 1 heterocycles. The van der Waals surface area contributed by atoms with Crippen molar-refractivity contribution in [3.8, 4) is 5.75 Å². The lowest BCUT2D eigenvalue weighted by Gasteiger charge is -2.05. The predicted molar refractivity (Wildman–Crippen MR) is 62.7 cm³/mol. The standard InChI is InChI=1S/C11H21N3O2/c1-3-15-7-4-5-12-6-8-16-11-9-13-14(2)10-11/h9-10,12H,3-8H2,1-2H3. The van der Waals surface area contributed by atoms with Crippen LogP contribution in [0.1, 0.15) is 13.3 Å². The lowest BCUT2D eigenvalue weighted by atomic mass is 10.4. The Kier molecular flexibility index (Phi) is 6.60. The van der Waals surface area contributed by atoms with Gasteiger partial charge in [-0.15, -0.1) is 0 Å². The zero-order chi connectivity index (χ0) is 11.6. The van der Waals surface area contributed by atoms with Crippen LogP contribution in [0.5, 0.6) is 5.75 Å². The third kappa shape index (κ3) is 5.72. The van der Waals surface area contributed by atoms with E-state index in [1.165, 1.54) is 0 Å². The van der Waals surface area contributed by atoms with E-state index in [1.54, 1.807) is 10.9 Å². The van der Waals surface area contributed by atoms with E-state index >= 15 is 0 Å². The van der Waals surface area contributed by atoms with Gasteiger partial charge in [0.15, 0.2) is 5.75 Å². The summed E-state index contributed by atoms with van der Waals surface area (Å²) in [4.78, 5) is 0. The average Bonchev–Trinajstić information content (AvgIpc) is 2.68. The molecule has 1 aromatic rings. The zero-order valence-electron chi connectivity index (χ0n) is 10.1. The Hall–Kier alpha value is -1.07. The van der Waals surface area contributed by atoms with Gasteiger partial charge in [-0.1, -0.05) is 0 Å². The number of rotatable bonds is 9. The Labute approximate surface area is 96.7 Å². The topological polar surface area (TPSA) is 48.3 Å². The Morgan fingerprint density at radius 3 is 2.94 bits per heavy atom. The van der Waals surface area contributed by atoms with E-state index in [9.17, 15) is 0 Å². The maximum Gasteiger partial charge on any atom is 0.157 e. The molecule has 0 bridgehead atoms. The van der Waals surface area contributed by atoms with Gasteiger partial charge in [-0.05, 0) is 19.9 Å². The van der Waals surface area contributed by atoms with Crippen LogP contribution < -0.4 is 10.1 Å². The maximum atomic E-state index is 5.48. The number of ether oxygens (including phenoxy) is 2. The largest absolute Gasteiger partial charge is 0.489 e. The van der Waals surface area contributed by atoms with Gasteiger partial charge in [0.1, 0.15) is 6.61 Å². The smallest absolute Gasteiger partial charge is 0.157 e. The molecule has 5 nitrogen and oxygen atoms in total. The van der Waals surface area contributed by atoms with Gasteiger partial charge >= 0.3 is 0 Å². The third-order valence-corrected chi connectivity index (χ3v) is 2.08. The van der Waals surface area contributed by atoms with Crippen molar-refractivity contribution >= 4 is 0 Å². The molecule has 0 amide bonds. The van der Waals surface area contributed by atoms with Crippen LogP contribution in [0.4, 0.5) is 0 Å². The fraction of sp³-hybridized carbons (Fsp3) is 0.727. The summed E-state index contributed by atoms with van der Waals surface area (Å²) in [6.45, 7) is 6.12. The molecule has 0 aliphatic carbocycles. The molecule has 92 valence electrons. The molecule has 16 heavy (non-hydrogen) atoms. The van der Waals surface area contributed by atoms with Gasteiger partial charge in [0.2, 0.25) is 0 Å². The summed E-state index contributed by atoms with van der Waals surface area (Å²) in [5, 5.41) is 7.31. The minimum Gasteiger partial charge on any atom is -0.489 e. The number of hydrogen-bond acceptors (Lipinski definition) is 4. The van der Waals surface area contributed by atoms with E-state index in [0.717, 1.165) is 38.5 Å². The molecule has 0 saturated heterocycles. The number of hydrogen-bond donors (Lipinski definition) is 1. The highest BCUT2D eigenvalue weighted by molar-refractivity contribution is 5.11. The number of nitrogens with zero attached hydrogens (tertiary/aromatic N) is 2. The Balaban J connectivity index is 1.88. The van der Waals surface area contributed by atoms with E-state index in [2.05, 4.69) is 10.4 Å². The molecule has 0 radical (unpaired) electrons. The predicted octanol–water partition coefficient (Wildman–Crippen LogP) is 0.815. The molecule has 0 aliphatic rings. The fourth-order valence-electron chi connectivity index (χ4n) is 1.28. The average molecular weight is 227 g/mol. The van der Waals surface area contributed by atoms with Crippen LogP contribution in [0.15, 0.2) is 12.4 Å². The highest BCUT2D eigenvalue weighted by Gasteiger charge is 1.95. The van der Waals surface area contributed by atoms with Crippen LogP contribution in [0.3, 0.4) is 0 Å². The number of nitrogens with one attached hydrogen (secondary N) is 1. The molecule has 1 rings (SSSR count). The highest BCUT2D eigenvalue weighted by atomic mass is 16.5. The van der Waals surface area contributed by atoms with Crippen LogP contribution in [-0.2, 0) is 11.8 Å². The second-order valence-corrected chi connectivity index (χ2v) is 3.50. The molecule has 0 fully saturated rings. The van der Waals surface area contributed by atoms with Gasteiger partial charge in [0, 0.05) is 26.8 Å². The molecule has 1 N–H and O–H groups in total. The summed E-state index contributed by atoms with van der Waals surface area (Å²) in [6.07, 6.45) is 4.62. The highest BCUT2D eigenvalue weighted by Crippen LogP contribution is 2.05. The second-order valence-electron chi connectivity index (χ2n) is 3.50. The zero-order valence-corrected chi connectivity index (χ0v) is 10.1. The Morgan fingerprint density at radius 2 is 2.25 bits per heavy atom. The van der Waals surface area contributed by atoms with E-state index < -0.39 is 0 Å². The molecular weight excluding hydrogens is 206 g/mol. The fourth-order valence-corrected chi connectivity index (χ4v) is 1.28. The van der Waals surface area contributed by atoms with E-state index in [0.29, 0.717) is 6.61 Å². The van der Waals surface area contributed by atoms with Crippen LogP contribution in [0.2, 0.25) is 0 Å². The van der Waals surface area contributed by atoms with Crippen LogP contribution >= 0.6 is 0 Å². The van der Waals surface area contributed by atoms with Crippen molar-refractivity contribution in [1.82, 2.24) is 15.1 Å². The SMILES string of the molecule is CCOCCCNCCOc1cnn(C)c1. The second kappa shape index (κ2) is 8.13. The molecule has 0 atom stereocenters. The first-order valence-corrected chi connectivity index (χ1v) is 5.73. The summed E-state index contributed by atoms with van der Waals surface area (Å²) in [7, 11) is 1.87. The van der Waals surface area contributed by atoms with Crippen molar-refractivity contribution in [2.24, 2.45) is 7.05 Å². The van der Waals surface area contributed by atoms with Crippen molar-refractivity contribution in [1.29, 1.82) is 0 Å². The molecule has 0 spiro atoms. The van der Waals surface area contributed by atoms with E-state index in [-0.39, 0.29) is 0 Å². The lowest BCUT2D eigenvalue weighted by Crippen LogP contribution is -2.22.